The molecule has 0 saturated carbocycles. The maximum atomic E-state index is 12.7. The van der Waals surface area contributed by atoms with E-state index in [-0.39, 0.29) is 5.91 Å². The minimum Gasteiger partial charge on any atom is -0.480 e. The molecule has 0 aliphatic carbocycles. The van der Waals surface area contributed by atoms with E-state index in [1.807, 2.05) is 26.0 Å². The quantitative estimate of drug-likeness (QED) is 0.582. The number of aliphatic carboxylic acids is 1. The molecule has 1 heterocycles. The lowest BCUT2D eigenvalue weighted by Crippen LogP contribution is -2.27. The van der Waals surface area contributed by atoms with Gasteiger partial charge in [0, 0.05) is 17.7 Å². The topological polar surface area (TPSA) is 101 Å². The number of hydrogen-bond donors (Lipinski definition) is 2. The lowest BCUT2D eigenvalue weighted by atomic mass is 10.1. The number of thiazole rings is 1. The van der Waals surface area contributed by atoms with E-state index >= 15 is 0 Å². The van der Waals surface area contributed by atoms with Gasteiger partial charge in [0.25, 0.3) is 11.8 Å². The molecule has 1 atom stereocenters. The predicted molar refractivity (Wildman–Crippen MR) is 120 cm³/mol. The highest BCUT2D eigenvalue weighted by Crippen LogP contribution is 2.24. The van der Waals surface area contributed by atoms with Crippen molar-refractivity contribution in [1.82, 2.24) is 9.88 Å². The number of carbonyl (C=O) groups excluding carboxylic acids is 2. The van der Waals surface area contributed by atoms with E-state index in [1.165, 1.54) is 11.3 Å². The van der Waals surface area contributed by atoms with Crippen LogP contribution in [0.15, 0.2) is 47.5 Å². The van der Waals surface area contributed by atoms with Crippen molar-refractivity contribution in [3.05, 3.63) is 64.0 Å². The number of aromatic nitrogens is 1. The summed E-state index contributed by atoms with van der Waals surface area (Å²) in [6, 6.07) is 11.3. The molecule has 1 aromatic heterocycles. The first kappa shape index (κ1) is 22.4. The highest BCUT2D eigenvalue weighted by molar-refractivity contribution is 7.16. The van der Waals surface area contributed by atoms with Crippen molar-refractivity contribution in [2.24, 2.45) is 4.99 Å². The number of carbonyl (C=O) groups is 3. The van der Waals surface area contributed by atoms with Gasteiger partial charge in [0.1, 0.15) is 6.04 Å². The highest BCUT2D eigenvalue weighted by atomic mass is 32.1. The Morgan fingerprint density at radius 2 is 1.77 bits per heavy atom. The largest absolute Gasteiger partial charge is 0.480 e. The van der Waals surface area contributed by atoms with E-state index in [0.717, 1.165) is 12.0 Å². The average molecular weight is 440 g/mol. The van der Waals surface area contributed by atoms with Crippen molar-refractivity contribution in [2.45, 2.75) is 39.7 Å². The van der Waals surface area contributed by atoms with Crippen LogP contribution in [0, 0.1) is 6.92 Å². The standard InChI is InChI=1S/C23H25N3O4S/c1-4-12-24-20(27)16-10-11-18-19(13-16)31-23(26(18)17(5-2)22(29)30)25-21(28)15-8-6-14(3)7-9-15/h6-11,13,17H,4-5,12H2,1-3H3,(H,24,27)(H,29,30). The molecule has 0 aliphatic heterocycles. The minimum absolute atomic E-state index is 0.191. The monoisotopic (exact) mass is 439 g/mol. The number of aryl methyl sites for hydroxylation is 1. The number of carboxylic acid groups (broad SMARTS) is 1. The molecule has 8 heteroatoms. The molecule has 0 aliphatic rings. The zero-order chi connectivity index (χ0) is 22.5. The average Bonchev–Trinajstić information content (AvgIpc) is 3.09. The van der Waals surface area contributed by atoms with Crippen LogP contribution < -0.4 is 10.1 Å². The van der Waals surface area contributed by atoms with Gasteiger partial charge in [-0.1, -0.05) is 42.9 Å². The molecule has 0 saturated heterocycles. The molecule has 7 nitrogen and oxygen atoms in total. The summed E-state index contributed by atoms with van der Waals surface area (Å²) in [6.45, 7) is 6.25. The molecule has 2 aromatic carbocycles. The summed E-state index contributed by atoms with van der Waals surface area (Å²) in [5.74, 6) is -1.64. The maximum absolute atomic E-state index is 12.7. The van der Waals surface area contributed by atoms with Crippen molar-refractivity contribution in [2.75, 3.05) is 6.54 Å². The zero-order valence-electron chi connectivity index (χ0n) is 17.7. The normalized spacial score (nSPS) is 12.7. The van der Waals surface area contributed by atoms with Gasteiger partial charge in [-0.05, 0) is 50.1 Å². The summed E-state index contributed by atoms with van der Waals surface area (Å²) in [5, 5.41) is 12.6. The van der Waals surface area contributed by atoms with E-state index in [2.05, 4.69) is 10.3 Å². The Kier molecular flexibility index (Phi) is 7.02. The highest BCUT2D eigenvalue weighted by Gasteiger charge is 2.22. The first-order valence-corrected chi connectivity index (χ1v) is 11.0. The van der Waals surface area contributed by atoms with Crippen LogP contribution in [-0.2, 0) is 4.79 Å². The van der Waals surface area contributed by atoms with Gasteiger partial charge in [0.2, 0.25) is 0 Å². The summed E-state index contributed by atoms with van der Waals surface area (Å²) in [7, 11) is 0. The van der Waals surface area contributed by atoms with Crippen LogP contribution in [0.4, 0.5) is 0 Å². The number of nitrogens with zero attached hydrogens (tertiary/aromatic N) is 2. The van der Waals surface area contributed by atoms with E-state index in [9.17, 15) is 19.5 Å². The minimum atomic E-state index is -1.00. The third kappa shape index (κ3) is 4.91. The molecule has 0 bridgehead atoms. The van der Waals surface area contributed by atoms with Gasteiger partial charge in [0.05, 0.1) is 10.2 Å². The molecule has 3 rings (SSSR count). The van der Waals surface area contributed by atoms with Gasteiger partial charge >= 0.3 is 5.97 Å². The molecule has 0 spiro atoms. The molecule has 0 radical (unpaired) electrons. The fourth-order valence-corrected chi connectivity index (χ4v) is 4.33. The summed E-state index contributed by atoms with van der Waals surface area (Å²) < 4.78 is 2.27. The first-order valence-electron chi connectivity index (χ1n) is 10.2. The third-order valence-electron chi connectivity index (χ3n) is 4.90. The third-order valence-corrected chi connectivity index (χ3v) is 5.92. The van der Waals surface area contributed by atoms with Gasteiger partial charge in [-0.15, -0.1) is 0 Å². The van der Waals surface area contributed by atoms with Crippen molar-refractivity contribution in [3.8, 4) is 0 Å². The van der Waals surface area contributed by atoms with Gasteiger partial charge in [-0.3, -0.25) is 9.59 Å². The molecule has 2 N–H and O–H groups in total. The number of hydrogen-bond acceptors (Lipinski definition) is 4. The first-order chi connectivity index (χ1) is 14.8. The van der Waals surface area contributed by atoms with Crippen molar-refractivity contribution in [1.29, 1.82) is 0 Å². The molecule has 3 aromatic rings. The lowest BCUT2D eigenvalue weighted by molar-refractivity contribution is -0.140. The van der Waals surface area contributed by atoms with Gasteiger partial charge in [-0.25, -0.2) is 4.79 Å². The number of fused-ring (bicyclic) bond motifs is 1. The van der Waals surface area contributed by atoms with Crippen molar-refractivity contribution < 1.29 is 19.5 Å². The number of rotatable bonds is 7. The predicted octanol–water partition coefficient (Wildman–Crippen LogP) is 3.93. The second-order valence-electron chi connectivity index (χ2n) is 7.24. The Labute approximate surface area is 184 Å². The summed E-state index contributed by atoms with van der Waals surface area (Å²) in [6.07, 6.45) is 1.15. The Morgan fingerprint density at radius 3 is 2.39 bits per heavy atom. The smallest absolute Gasteiger partial charge is 0.326 e. The second kappa shape index (κ2) is 9.70. The maximum Gasteiger partial charge on any atom is 0.326 e. The van der Waals surface area contributed by atoms with Crippen LogP contribution in [0.5, 0.6) is 0 Å². The van der Waals surface area contributed by atoms with E-state index in [4.69, 9.17) is 0 Å². The summed E-state index contributed by atoms with van der Waals surface area (Å²) in [4.78, 5) is 41.5. The lowest BCUT2D eigenvalue weighted by Gasteiger charge is -2.13. The molecular weight excluding hydrogens is 414 g/mol. The van der Waals surface area contributed by atoms with Crippen molar-refractivity contribution >= 4 is 39.3 Å². The van der Waals surface area contributed by atoms with Crippen molar-refractivity contribution in [3.63, 3.8) is 0 Å². The van der Waals surface area contributed by atoms with Crippen LogP contribution in [0.1, 0.15) is 59.0 Å². The van der Waals surface area contributed by atoms with Gasteiger partial charge in [-0.2, -0.15) is 4.99 Å². The molecule has 31 heavy (non-hydrogen) atoms. The molecule has 0 fully saturated rings. The second-order valence-corrected chi connectivity index (χ2v) is 8.25. The summed E-state index contributed by atoms with van der Waals surface area (Å²) in [5.41, 5.74) is 2.56. The number of amides is 2. The zero-order valence-corrected chi connectivity index (χ0v) is 18.5. The summed E-state index contributed by atoms with van der Waals surface area (Å²) >= 11 is 1.20. The number of nitrogens with one attached hydrogen (secondary N) is 1. The van der Waals surface area contributed by atoms with E-state index in [0.29, 0.717) is 39.1 Å². The fraction of sp³-hybridized carbons (Fsp3) is 0.304. The van der Waals surface area contributed by atoms with Gasteiger partial charge < -0.3 is 15.0 Å². The molecule has 162 valence electrons. The van der Waals surface area contributed by atoms with Crippen LogP contribution in [-0.4, -0.2) is 34.0 Å². The van der Waals surface area contributed by atoms with Gasteiger partial charge in [0.15, 0.2) is 4.80 Å². The Balaban J connectivity index is 2.15. The van der Waals surface area contributed by atoms with Crippen LogP contribution in [0.3, 0.4) is 0 Å². The Morgan fingerprint density at radius 1 is 1.10 bits per heavy atom. The molecule has 2 amide bonds. The molecule has 1 unspecified atom stereocenters. The molecular formula is C23H25N3O4S. The fourth-order valence-electron chi connectivity index (χ4n) is 3.22. The Hall–Kier alpha value is -3.26. The Bertz CT molecular complexity index is 1190. The van der Waals surface area contributed by atoms with Crippen LogP contribution >= 0.6 is 11.3 Å². The van der Waals surface area contributed by atoms with Crippen LogP contribution in [0.25, 0.3) is 10.2 Å². The van der Waals surface area contributed by atoms with Crippen LogP contribution in [0.2, 0.25) is 0 Å². The number of benzene rings is 2. The van der Waals surface area contributed by atoms with E-state index < -0.39 is 17.9 Å². The van der Waals surface area contributed by atoms with E-state index in [1.54, 1.807) is 41.8 Å². The SMILES string of the molecule is CCCNC(=O)c1ccc2c(c1)sc(=NC(=O)c1ccc(C)cc1)n2C(CC)C(=O)O. The number of carboxylic acids is 1.